The van der Waals surface area contributed by atoms with E-state index in [1.165, 1.54) is 10.9 Å². The van der Waals surface area contributed by atoms with Crippen molar-refractivity contribution in [2.24, 2.45) is 4.99 Å². The SMILES string of the molecule is CCC1(C)N=C(C)C(=O)N1CCc1c[nH]c2ccccc12. The Morgan fingerprint density at radius 3 is 2.86 bits per heavy atom. The number of amides is 1. The van der Waals surface area contributed by atoms with Gasteiger partial charge in [0.05, 0.1) is 5.71 Å². The summed E-state index contributed by atoms with van der Waals surface area (Å²) in [6.07, 6.45) is 3.72. The standard InChI is InChI=1S/C17H21N3O/c1-4-17(3)19-12(2)16(21)20(17)10-9-13-11-18-15-8-6-5-7-14(13)15/h5-8,11,18H,4,9-10H2,1-3H3. The van der Waals surface area contributed by atoms with E-state index < -0.39 is 0 Å². The lowest BCUT2D eigenvalue weighted by Crippen LogP contribution is -2.45. The van der Waals surface area contributed by atoms with Gasteiger partial charge in [-0.1, -0.05) is 25.1 Å². The Hall–Kier alpha value is -2.10. The molecule has 0 saturated carbocycles. The van der Waals surface area contributed by atoms with Crippen LogP contribution < -0.4 is 0 Å². The summed E-state index contributed by atoms with van der Waals surface area (Å²) in [7, 11) is 0. The second-order valence-electron chi connectivity index (χ2n) is 5.83. The first-order chi connectivity index (χ1) is 10.0. The third-order valence-corrected chi connectivity index (χ3v) is 4.49. The second-order valence-corrected chi connectivity index (χ2v) is 5.83. The normalized spacial score (nSPS) is 22.1. The van der Waals surface area contributed by atoms with Gasteiger partial charge in [0.15, 0.2) is 0 Å². The maximum Gasteiger partial charge on any atom is 0.269 e. The summed E-state index contributed by atoms with van der Waals surface area (Å²) >= 11 is 0. The van der Waals surface area contributed by atoms with Crippen LogP contribution in [-0.2, 0) is 11.2 Å². The number of aromatic nitrogens is 1. The molecule has 0 bridgehead atoms. The van der Waals surface area contributed by atoms with E-state index >= 15 is 0 Å². The number of aliphatic imine (C=N–C) groups is 1. The van der Waals surface area contributed by atoms with Gasteiger partial charge in [-0.05, 0) is 38.3 Å². The number of hydrogen-bond acceptors (Lipinski definition) is 2. The molecule has 1 aromatic carbocycles. The van der Waals surface area contributed by atoms with E-state index in [4.69, 9.17) is 0 Å². The monoisotopic (exact) mass is 283 g/mol. The smallest absolute Gasteiger partial charge is 0.269 e. The summed E-state index contributed by atoms with van der Waals surface area (Å²) in [4.78, 5) is 22.0. The Kier molecular flexibility index (Phi) is 3.32. The number of fused-ring (bicyclic) bond motifs is 1. The number of para-hydroxylation sites is 1. The second kappa shape index (κ2) is 5.02. The molecule has 1 aromatic heterocycles. The van der Waals surface area contributed by atoms with E-state index in [2.05, 4.69) is 29.0 Å². The number of carbonyl (C=O) groups excluding carboxylic acids is 1. The third kappa shape index (κ3) is 2.24. The minimum Gasteiger partial charge on any atom is -0.361 e. The van der Waals surface area contributed by atoms with Crippen LogP contribution in [0.4, 0.5) is 0 Å². The number of benzene rings is 1. The first kappa shape index (κ1) is 13.9. The van der Waals surface area contributed by atoms with Crippen LogP contribution in [0.3, 0.4) is 0 Å². The molecule has 0 aliphatic carbocycles. The molecule has 1 aliphatic heterocycles. The molecule has 0 spiro atoms. The van der Waals surface area contributed by atoms with Gasteiger partial charge in [0.2, 0.25) is 0 Å². The van der Waals surface area contributed by atoms with E-state index in [1.807, 2.05) is 37.1 Å². The molecule has 0 radical (unpaired) electrons. The molecule has 4 heteroatoms. The molecule has 2 heterocycles. The number of hydrogen-bond donors (Lipinski definition) is 1. The number of H-pyrrole nitrogens is 1. The minimum absolute atomic E-state index is 0.0687. The van der Waals surface area contributed by atoms with Crippen molar-refractivity contribution >= 4 is 22.5 Å². The predicted octanol–water partition coefficient (Wildman–Crippen LogP) is 3.14. The number of aromatic amines is 1. The van der Waals surface area contributed by atoms with Crippen LogP contribution in [0.2, 0.25) is 0 Å². The Labute approximate surface area is 124 Å². The Balaban J connectivity index is 1.80. The average molecular weight is 283 g/mol. The highest BCUT2D eigenvalue weighted by Crippen LogP contribution is 2.28. The van der Waals surface area contributed by atoms with Crippen LogP contribution in [0.1, 0.15) is 32.8 Å². The molecule has 1 amide bonds. The molecule has 0 saturated heterocycles. The van der Waals surface area contributed by atoms with Crippen molar-refractivity contribution in [3.8, 4) is 0 Å². The van der Waals surface area contributed by atoms with Crippen LogP contribution in [-0.4, -0.2) is 33.7 Å². The maximum absolute atomic E-state index is 12.3. The van der Waals surface area contributed by atoms with Gasteiger partial charge in [-0.15, -0.1) is 0 Å². The van der Waals surface area contributed by atoms with E-state index in [-0.39, 0.29) is 11.6 Å². The van der Waals surface area contributed by atoms with Crippen LogP contribution in [0.15, 0.2) is 35.5 Å². The highest BCUT2D eigenvalue weighted by atomic mass is 16.2. The van der Waals surface area contributed by atoms with Crippen LogP contribution in [0.5, 0.6) is 0 Å². The van der Waals surface area contributed by atoms with Crippen LogP contribution >= 0.6 is 0 Å². The van der Waals surface area contributed by atoms with Gasteiger partial charge >= 0.3 is 0 Å². The molecule has 1 N–H and O–H groups in total. The number of carbonyl (C=O) groups is 1. The number of nitrogens with one attached hydrogen (secondary N) is 1. The van der Waals surface area contributed by atoms with E-state index in [0.717, 1.165) is 18.4 Å². The number of rotatable bonds is 4. The van der Waals surface area contributed by atoms with E-state index in [1.54, 1.807) is 0 Å². The summed E-state index contributed by atoms with van der Waals surface area (Å²) in [5.41, 5.74) is 2.64. The van der Waals surface area contributed by atoms with Gasteiger partial charge in [-0.25, -0.2) is 0 Å². The topological polar surface area (TPSA) is 48.5 Å². The molecule has 1 aliphatic rings. The zero-order chi connectivity index (χ0) is 15.0. The first-order valence-electron chi connectivity index (χ1n) is 7.48. The Morgan fingerprint density at radius 1 is 1.33 bits per heavy atom. The fraction of sp³-hybridized carbons (Fsp3) is 0.412. The molecule has 1 atom stereocenters. The van der Waals surface area contributed by atoms with E-state index in [0.29, 0.717) is 12.3 Å². The lowest BCUT2D eigenvalue weighted by molar-refractivity contribution is -0.127. The van der Waals surface area contributed by atoms with Crippen molar-refractivity contribution in [2.45, 2.75) is 39.3 Å². The molecule has 110 valence electrons. The summed E-state index contributed by atoms with van der Waals surface area (Å²) in [5, 5.41) is 1.24. The van der Waals surface area contributed by atoms with Gasteiger partial charge in [-0.3, -0.25) is 9.79 Å². The van der Waals surface area contributed by atoms with Gasteiger partial charge in [0.25, 0.3) is 5.91 Å². The Morgan fingerprint density at radius 2 is 2.10 bits per heavy atom. The third-order valence-electron chi connectivity index (χ3n) is 4.49. The fourth-order valence-corrected chi connectivity index (χ4v) is 3.07. The number of nitrogens with zero attached hydrogens (tertiary/aromatic N) is 2. The zero-order valence-electron chi connectivity index (χ0n) is 12.8. The summed E-state index contributed by atoms with van der Waals surface area (Å²) in [6.45, 7) is 6.62. The summed E-state index contributed by atoms with van der Waals surface area (Å²) in [6, 6.07) is 8.26. The molecular weight excluding hydrogens is 262 g/mol. The molecular formula is C17H21N3O. The first-order valence-corrected chi connectivity index (χ1v) is 7.48. The molecule has 2 aromatic rings. The molecule has 21 heavy (non-hydrogen) atoms. The van der Waals surface area contributed by atoms with Crippen molar-refractivity contribution in [2.75, 3.05) is 6.54 Å². The van der Waals surface area contributed by atoms with Gasteiger partial charge < -0.3 is 9.88 Å². The summed E-state index contributed by atoms with van der Waals surface area (Å²) in [5.74, 6) is 0.0687. The largest absolute Gasteiger partial charge is 0.361 e. The lowest BCUT2D eigenvalue weighted by Gasteiger charge is -2.32. The minimum atomic E-state index is -0.382. The van der Waals surface area contributed by atoms with Crippen LogP contribution in [0, 0.1) is 0 Å². The van der Waals surface area contributed by atoms with Crippen molar-refractivity contribution in [1.29, 1.82) is 0 Å². The van der Waals surface area contributed by atoms with Crippen molar-refractivity contribution < 1.29 is 4.79 Å². The lowest BCUT2D eigenvalue weighted by atomic mass is 10.1. The van der Waals surface area contributed by atoms with Gasteiger partial charge in [0, 0.05) is 23.6 Å². The van der Waals surface area contributed by atoms with Crippen molar-refractivity contribution in [3.63, 3.8) is 0 Å². The van der Waals surface area contributed by atoms with E-state index in [9.17, 15) is 4.79 Å². The zero-order valence-corrected chi connectivity index (χ0v) is 12.8. The summed E-state index contributed by atoms with van der Waals surface area (Å²) < 4.78 is 0. The average Bonchev–Trinajstić information content (AvgIpc) is 2.99. The quantitative estimate of drug-likeness (QED) is 0.920. The van der Waals surface area contributed by atoms with Gasteiger partial charge in [0.1, 0.15) is 5.66 Å². The maximum atomic E-state index is 12.3. The highest BCUT2D eigenvalue weighted by molar-refractivity contribution is 6.39. The van der Waals surface area contributed by atoms with Crippen molar-refractivity contribution in [3.05, 3.63) is 36.0 Å². The van der Waals surface area contributed by atoms with Crippen LogP contribution in [0.25, 0.3) is 10.9 Å². The molecule has 1 unspecified atom stereocenters. The molecule has 3 rings (SSSR count). The molecule has 0 fully saturated rings. The highest BCUT2D eigenvalue weighted by Gasteiger charge is 2.39. The Bertz CT molecular complexity index is 716. The fourth-order valence-electron chi connectivity index (χ4n) is 3.07. The predicted molar refractivity (Wildman–Crippen MR) is 85.5 cm³/mol. The van der Waals surface area contributed by atoms with Crippen molar-refractivity contribution in [1.82, 2.24) is 9.88 Å². The van der Waals surface area contributed by atoms with Gasteiger partial charge in [-0.2, -0.15) is 0 Å². The molecule has 4 nitrogen and oxygen atoms in total.